The van der Waals surface area contributed by atoms with Crippen molar-refractivity contribution in [2.75, 3.05) is 6.54 Å². The van der Waals surface area contributed by atoms with Crippen LogP contribution in [0.1, 0.15) is 23.4 Å². The van der Waals surface area contributed by atoms with Crippen molar-refractivity contribution in [2.24, 2.45) is 7.05 Å². The molecular formula is C15H17BrN4O. The largest absolute Gasteiger partial charge is 0.336 e. The smallest absolute Gasteiger partial charge is 0.223 e. The number of amides is 1. The van der Waals surface area contributed by atoms with Crippen molar-refractivity contribution >= 4 is 21.8 Å². The van der Waals surface area contributed by atoms with Gasteiger partial charge in [-0.1, -0.05) is 6.07 Å². The van der Waals surface area contributed by atoms with Crippen LogP contribution in [0.15, 0.2) is 29.3 Å². The molecule has 0 fully saturated rings. The molecule has 6 heteroatoms. The Hall–Kier alpha value is -1.69. The molecule has 5 nitrogen and oxygen atoms in total. The van der Waals surface area contributed by atoms with E-state index in [0.29, 0.717) is 13.0 Å². The van der Waals surface area contributed by atoms with Gasteiger partial charge >= 0.3 is 0 Å². The van der Waals surface area contributed by atoms with Gasteiger partial charge in [0.2, 0.25) is 5.91 Å². The number of aromatic nitrogens is 3. The van der Waals surface area contributed by atoms with E-state index in [2.05, 4.69) is 25.9 Å². The van der Waals surface area contributed by atoms with Gasteiger partial charge in [0, 0.05) is 38.8 Å². The van der Waals surface area contributed by atoms with Crippen LogP contribution in [0.4, 0.5) is 0 Å². The van der Waals surface area contributed by atoms with E-state index in [1.807, 2.05) is 34.8 Å². The Morgan fingerprint density at radius 2 is 2.33 bits per heavy atom. The first kappa shape index (κ1) is 14.3. The molecule has 3 rings (SSSR count). The lowest BCUT2D eigenvalue weighted by molar-refractivity contribution is -0.132. The first-order valence-corrected chi connectivity index (χ1v) is 7.81. The minimum Gasteiger partial charge on any atom is -0.336 e. The summed E-state index contributed by atoms with van der Waals surface area (Å²) in [4.78, 5) is 22.8. The van der Waals surface area contributed by atoms with Crippen molar-refractivity contribution in [2.45, 2.75) is 25.8 Å². The molecule has 1 aliphatic rings. The van der Waals surface area contributed by atoms with E-state index < -0.39 is 0 Å². The zero-order valence-electron chi connectivity index (χ0n) is 11.9. The summed E-state index contributed by atoms with van der Waals surface area (Å²) in [6, 6.07) is 3.91. The van der Waals surface area contributed by atoms with Gasteiger partial charge in [-0.3, -0.25) is 9.78 Å². The van der Waals surface area contributed by atoms with Gasteiger partial charge in [-0.25, -0.2) is 4.98 Å². The Balaban J connectivity index is 1.63. The highest BCUT2D eigenvalue weighted by atomic mass is 79.9. The first-order chi connectivity index (χ1) is 10.1. The number of nitrogens with zero attached hydrogens (tertiary/aromatic N) is 4. The molecule has 0 saturated carbocycles. The maximum absolute atomic E-state index is 12.4. The number of carbonyl (C=O) groups excluding carboxylic acids is 1. The monoisotopic (exact) mass is 348 g/mol. The lowest BCUT2D eigenvalue weighted by Gasteiger charge is -2.27. The zero-order chi connectivity index (χ0) is 14.8. The molecule has 0 aliphatic carbocycles. The lowest BCUT2D eigenvalue weighted by Crippen LogP contribution is -2.36. The second-order valence-electron chi connectivity index (χ2n) is 5.26. The molecule has 0 N–H and O–H groups in total. The van der Waals surface area contributed by atoms with Gasteiger partial charge in [0.1, 0.15) is 0 Å². The van der Waals surface area contributed by atoms with Crippen LogP contribution in [0.3, 0.4) is 0 Å². The highest BCUT2D eigenvalue weighted by Gasteiger charge is 2.24. The maximum Gasteiger partial charge on any atom is 0.223 e. The molecule has 2 aromatic heterocycles. The Morgan fingerprint density at radius 3 is 3.10 bits per heavy atom. The van der Waals surface area contributed by atoms with Crippen molar-refractivity contribution in [3.05, 3.63) is 46.2 Å². The normalized spacial score (nSPS) is 14.1. The van der Waals surface area contributed by atoms with E-state index in [1.54, 1.807) is 6.20 Å². The third-order valence-electron chi connectivity index (χ3n) is 3.90. The highest BCUT2D eigenvalue weighted by Crippen LogP contribution is 2.22. The molecule has 0 unspecified atom stereocenters. The Labute approximate surface area is 132 Å². The first-order valence-electron chi connectivity index (χ1n) is 7.02. The molecular weight excluding hydrogens is 332 g/mol. The average molecular weight is 349 g/mol. The van der Waals surface area contributed by atoms with Crippen LogP contribution in [-0.4, -0.2) is 31.9 Å². The molecule has 110 valence electrons. The molecule has 0 aromatic carbocycles. The molecule has 21 heavy (non-hydrogen) atoms. The predicted molar refractivity (Wildman–Crippen MR) is 82.6 cm³/mol. The quantitative estimate of drug-likeness (QED) is 0.853. The van der Waals surface area contributed by atoms with Crippen molar-refractivity contribution in [3.63, 3.8) is 0 Å². The van der Waals surface area contributed by atoms with Gasteiger partial charge in [-0.05, 0) is 34.0 Å². The van der Waals surface area contributed by atoms with E-state index in [9.17, 15) is 4.79 Å². The maximum atomic E-state index is 12.4. The van der Waals surface area contributed by atoms with E-state index in [0.717, 1.165) is 41.1 Å². The summed E-state index contributed by atoms with van der Waals surface area (Å²) in [5, 5.41) is 0. The highest BCUT2D eigenvalue weighted by molar-refractivity contribution is 9.10. The fraction of sp³-hybridized carbons (Fsp3) is 0.400. The molecule has 1 amide bonds. The van der Waals surface area contributed by atoms with E-state index in [-0.39, 0.29) is 5.91 Å². The topological polar surface area (TPSA) is 51.0 Å². The van der Waals surface area contributed by atoms with Crippen LogP contribution < -0.4 is 0 Å². The van der Waals surface area contributed by atoms with Crippen molar-refractivity contribution in [1.29, 1.82) is 0 Å². The Morgan fingerprint density at radius 1 is 1.48 bits per heavy atom. The fourth-order valence-electron chi connectivity index (χ4n) is 2.62. The summed E-state index contributed by atoms with van der Waals surface area (Å²) in [6.07, 6.45) is 5.66. The number of halogens is 1. The molecule has 1 aliphatic heterocycles. The fourth-order valence-corrected chi connectivity index (χ4v) is 3.05. The summed E-state index contributed by atoms with van der Waals surface area (Å²) in [5.74, 6) is 0.196. The minimum atomic E-state index is 0.196. The second kappa shape index (κ2) is 5.97. The van der Waals surface area contributed by atoms with Crippen molar-refractivity contribution in [3.8, 4) is 0 Å². The summed E-state index contributed by atoms with van der Waals surface area (Å²) in [6.45, 7) is 1.40. The van der Waals surface area contributed by atoms with Crippen LogP contribution >= 0.6 is 15.9 Å². The van der Waals surface area contributed by atoms with Gasteiger partial charge in [0.25, 0.3) is 0 Å². The Kier molecular flexibility index (Phi) is 4.05. The number of rotatable bonds is 3. The third kappa shape index (κ3) is 3.00. The second-order valence-corrected chi connectivity index (χ2v) is 5.97. The number of hydrogen-bond donors (Lipinski definition) is 0. The summed E-state index contributed by atoms with van der Waals surface area (Å²) < 4.78 is 2.84. The SMILES string of the molecule is Cn1c(Br)nc2c1CN(C(=O)CCc1cccnc1)CC2. The van der Waals surface area contributed by atoms with Crippen LogP contribution in [0.5, 0.6) is 0 Å². The molecule has 0 saturated heterocycles. The van der Waals surface area contributed by atoms with E-state index >= 15 is 0 Å². The van der Waals surface area contributed by atoms with Gasteiger partial charge in [-0.2, -0.15) is 0 Å². The van der Waals surface area contributed by atoms with Crippen LogP contribution in [0.2, 0.25) is 0 Å². The summed E-state index contributed by atoms with van der Waals surface area (Å²) in [7, 11) is 1.97. The number of aryl methyl sites for hydroxylation is 1. The number of fused-ring (bicyclic) bond motifs is 1. The number of carbonyl (C=O) groups is 1. The molecule has 0 bridgehead atoms. The van der Waals surface area contributed by atoms with E-state index in [4.69, 9.17) is 0 Å². The Bertz CT molecular complexity index is 653. The minimum absolute atomic E-state index is 0.196. The van der Waals surface area contributed by atoms with Crippen LogP contribution in [0.25, 0.3) is 0 Å². The summed E-state index contributed by atoms with van der Waals surface area (Å²) in [5.41, 5.74) is 3.33. The standard InChI is InChI=1S/C15H17BrN4O/c1-19-13-10-20(8-6-12(13)18-15(19)16)14(21)5-4-11-3-2-7-17-9-11/h2-3,7,9H,4-6,8,10H2,1H3. The van der Waals surface area contributed by atoms with Gasteiger partial charge in [-0.15, -0.1) is 0 Å². The molecule has 3 heterocycles. The lowest BCUT2D eigenvalue weighted by atomic mass is 10.1. The number of imidazole rings is 1. The molecule has 2 aromatic rings. The van der Waals surface area contributed by atoms with Crippen molar-refractivity contribution < 1.29 is 4.79 Å². The third-order valence-corrected chi connectivity index (χ3v) is 4.61. The molecule has 0 atom stereocenters. The summed E-state index contributed by atoms with van der Waals surface area (Å²) >= 11 is 3.44. The van der Waals surface area contributed by atoms with Crippen LogP contribution in [0, 0.1) is 0 Å². The number of pyridine rings is 1. The average Bonchev–Trinajstić information content (AvgIpc) is 2.80. The zero-order valence-corrected chi connectivity index (χ0v) is 13.5. The molecule has 0 radical (unpaired) electrons. The van der Waals surface area contributed by atoms with Gasteiger partial charge in [0.15, 0.2) is 4.73 Å². The van der Waals surface area contributed by atoms with Gasteiger partial charge in [0.05, 0.1) is 17.9 Å². The van der Waals surface area contributed by atoms with Crippen molar-refractivity contribution in [1.82, 2.24) is 19.4 Å². The van der Waals surface area contributed by atoms with E-state index in [1.165, 1.54) is 0 Å². The molecule has 0 spiro atoms. The van der Waals surface area contributed by atoms with Gasteiger partial charge < -0.3 is 9.47 Å². The predicted octanol–water partition coefficient (Wildman–Crippen LogP) is 2.10. The van der Waals surface area contributed by atoms with Crippen LogP contribution in [-0.2, 0) is 31.2 Å². The number of hydrogen-bond acceptors (Lipinski definition) is 3.